The van der Waals surface area contributed by atoms with E-state index < -0.39 is 0 Å². The van der Waals surface area contributed by atoms with E-state index in [1.807, 2.05) is 18.7 Å². The zero-order valence-corrected chi connectivity index (χ0v) is 13.3. The molecule has 1 unspecified atom stereocenters. The molecule has 21 heavy (non-hydrogen) atoms. The summed E-state index contributed by atoms with van der Waals surface area (Å²) in [5.74, 6) is 0. The molecule has 112 valence electrons. The number of aromatic nitrogens is 2. The molecule has 1 aliphatic rings. The van der Waals surface area contributed by atoms with Crippen LogP contribution in [0.1, 0.15) is 28.6 Å². The van der Waals surface area contributed by atoms with Crippen LogP contribution in [0.4, 0.5) is 0 Å². The highest BCUT2D eigenvalue weighted by Crippen LogP contribution is 2.31. The first kappa shape index (κ1) is 14.6. The largest absolute Gasteiger partial charge is 0.329 e. The Morgan fingerprint density at radius 2 is 2.14 bits per heavy atom. The molecule has 2 heterocycles. The molecule has 0 spiro atoms. The molecular formula is C16H21ClN4. The van der Waals surface area contributed by atoms with E-state index >= 15 is 0 Å². The second-order valence-electron chi connectivity index (χ2n) is 5.64. The van der Waals surface area contributed by atoms with Crippen molar-refractivity contribution in [2.24, 2.45) is 12.8 Å². The Morgan fingerprint density at radius 1 is 1.38 bits per heavy atom. The zero-order chi connectivity index (χ0) is 15.0. The summed E-state index contributed by atoms with van der Waals surface area (Å²) in [4.78, 5) is 2.41. The van der Waals surface area contributed by atoms with E-state index in [1.54, 1.807) is 0 Å². The first-order chi connectivity index (χ1) is 10.1. The number of rotatable bonds is 3. The van der Waals surface area contributed by atoms with Gasteiger partial charge >= 0.3 is 0 Å². The lowest BCUT2D eigenvalue weighted by molar-refractivity contribution is 0.176. The Labute approximate surface area is 130 Å². The second kappa shape index (κ2) is 5.79. The summed E-state index contributed by atoms with van der Waals surface area (Å²) in [6.07, 6.45) is 1.06. The van der Waals surface area contributed by atoms with Gasteiger partial charge in [0.1, 0.15) is 0 Å². The number of aryl methyl sites for hydroxylation is 2. The van der Waals surface area contributed by atoms with Crippen LogP contribution in [0.2, 0.25) is 5.02 Å². The minimum absolute atomic E-state index is 0.251. The molecule has 5 heteroatoms. The molecule has 0 saturated heterocycles. The van der Waals surface area contributed by atoms with Crippen molar-refractivity contribution in [1.82, 2.24) is 14.7 Å². The molecular weight excluding hydrogens is 284 g/mol. The fourth-order valence-corrected chi connectivity index (χ4v) is 3.43. The van der Waals surface area contributed by atoms with Gasteiger partial charge in [0, 0.05) is 32.7 Å². The fourth-order valence-electron chi connectivity index (χ4n) is 3.21. The molecule has 3 rings (SSSR count). The summed E-state index contributed by atoms with van der Waals surface area (Å²) in [7, 11) is 1.95. The van der Waals surface area contributed by atoms with Gasteiger partial charge < -0.3 is 5.73 Å². The Bertz CT molecular complexity index is 650. The number of fused-ring (bicyclic) bond motifs is 1. The summed E-state index contributed by atoms with van der Waals surface area (Å²) in [5, 5.41) is 5.17. The topological polar surface area (TPSA) is 47.1 Å². The van der Waals surface area contributed by atoms with Crippen molar-refractivity contribution in [1.29, 1.82) is 0 Å². The summed E-state index contributed by atoms with van der Waals surface area (Å²) in [6.45, 7) is 4.34. The summed E-state index contributed by atoms with van der Waals surface area (Å²) in [6, 6.07) is 8.84. The highest BCUT2D eigenvalue weighted by Gasteiger charge is 2.27. The van der Waals surface area contributed by atoms with Gasteiger partial charge in [-0.05, 0) is 24.5 Å². The Kier molecular flexibility index (Phi) is 4.02. The van der Waals surface area contributed by atoms with Crippen molar-refractivity contribution in [2.75, 3.05) is 13.1 Å². The predicted octanol–water partition coefficient (Wildman–Crippen LogP) is 2.44. The average molecular weight is 305 g/mol. The van der Waals surface area contributed by atoms with Crippen LogP contribution in [0, 0.1) is 6.92 Å². The van der Waals surface area contributed by atoms with Crippen molar-refractivity contribution >= 4 is 11.6 Å². The standard InChI is InChI=1S/C16H21ClN4/c1-11-16(17)15(20(2)19-11)10-21-8-7-12-5-3-4-6-13(12)14(21)9-18/h3-6,14H,7-10,18H2,1-2H3. The molecule has 0 amide bonds. The second-order valence-corrected chi connectivity index (χ2v) is 6.02. The maximum Gasteiger partial charge on any atom is 0.0860 e. The molecule has 0 aliphatic carbocycles. The van der Waals surface area contributed by atoms with E-state index in [9.17, 15) is 0 Å². The first-order valence-corrected chi connectivity index (χ1v) is 7.69. The third-order valence-electron chi connectivity index (χ3n) is 4.36. The summed E-state index contributed by atoms with van der Waals surface area (Å²) < 4.78 is 1.88. The maximum absolute atomic E-state index is 6.38. The number of hydrogen-bond acceptors (Lipinski definition) is 3. The van der Waals surface area contributed by atoms with Crippen LogP contribution in [0.25, 0.3) is 0 Å². The number of nitrogens with zero attached hydrogens (tertiary/aromatic N) is 3. The molecule has 4 nitrogen and oxygen atoms in total. The normalized spacial score (nSPS) is 18.8. The Balaban J connectivity index is 1.90. The first-order valence-electron chi connectivity index (χ1n) is 7.31. The number of hydrogen-bond donors (Lipinski definition) is 1. The lowest BCUT2D eigenvalue weighted by atomic mass is 9.92. The molecule has 0 fully saturated rings. The van der Waals surface area contributed by atoms with Crippen molar-refractivity contribution in [2.45, 2.75) is 25.9 Å². The molecule has 2 aromatic rings. The van der Waals surface area contributed by atoms with E-state index in [0.29, 0.717) is 6.54 Å². The quantitative estimate of drug-likeness (QED) is 0.947. The molecule has 2 N–H and O–H groups in total. The van der Waals surface area contributed by atoms with Gasteiger partial charge in [0.05, 0.1) is 16.4 Å². The van der Waals surface area contributed by atoms with Crippen LogP contribution in [-0.2, 0) is 20.0 Å². The van der Waals surface area contributed by atoms with Gasteiger partial charge in [0.15, 0.2) is 0 Å². The number of benzene rings is 1. The van der Waals surface area contributed by atoms with E-state index in [1.165, 1.54) is 11.1 Å². The van der Waals surface area contributed by atoms with Crippen molar-refractivity contribution < 1.29 is 0 Å². The monoisotopic (exact) mass is 304 g/mol. The van der Waals surface area contributed by atoms with Crippen LogP contribution < -0.4 is 5.73 Å². The fraction of sp³-hybridized carbons (Fsp3) is 0.438. The molecule has 1 atom stereocenters. The number of halogens is 1. The maximum atomic E-state index is 6.38. The molecule has 1 aromatic carbocycles. The third-order valence-corrected chi connectivity index (χ3v) is 4.85. The lowest BCUT2D eigenvalue weighted by Crippen LogP contribution is -2.39. The van der Waals surface area contributed by atoms with E-state index in [0.717, 1.165) is 35.9 Å². The van der Waals surface area contributed by atoms with Gasteiger partial charge in [0.25, 0.3) is 0 Å². The summed E-state index contributed by atoms with van der Waals surface area (Å²) in [5.41, 5.74) is 10.8. The molecule has 1 aromatic heterocycles. The zero-order valence-electron chi connectivity index (χ0n) is 12.5. The van der Waals surface area contributed by atoms with Gasteiger partial charge in [-0.1, -0.05) is 35.9 Å². The predicted molar refractivity (Wildman–Crippen MR) is 85.3 cm³/mol. The molecule has 0 bridgehead atoms. The van der Waals surface area contributed by atoms with Gasteiger partial charge in [0.2, 0.25) is 0 Å². The Morgan fingerprint density at radius 3 is 2.81 bits per heavy atom. The van der Waals surface area contributed by atoms with Gasteiger partial charge in [-0.25, -0.2) is 0 Å². The van der Waals surface area contributed by atoms with E-state index in [4.69, 9.17) is 17.3 Å². The van der Waals surface area contributed by atoms with Crippen LogP contribution in [-0.4, -0.2) is 27.8 Å². The van der Waals surface area contributed by atoms with Gasteiger partial charge in [-0.2, -0.15) is 5.10 Å². The third kappa shape index (κ3) is 2.59. The van der Waals surface area contributed by atoms with Crippen molar-refractivity contribution in [3.05, 3.63) is 51.8 Å². The van der Waals surface area contributed by atoms with E-state index in [2.05, 4.69) is 34.3 Å². The van der Waals surface area contributed by atoms with E-state index in [-0.39, 0.29) is 6.04 Å². The van der Waals surface area contributed by atoms with Gasteiger partial charge in [-0.3, -0.25) is 9.58 Å². The van der Waals surface area contributed by atoms with Crippen LogP contribution in [0.15, 0.2) is 24.3 Å². The van der Waals surface area contributed by atoms with Crippen molar-refractivity contribution in [3.63, 3.8) is 0 Å². The minimum atomic E-state index is 0.251. The minimum Gasteiger partial charge on any atom is -0.329 e. The lowest BCUT2D eigenvalue weighted by Gasteiger charge is -2.36. The van der Waals surface area contributed by atoms with Crippen LogP contribution >= 0.6 is 11.6 Å². The molecule has 1 aliphatic heterocycles. The highest BCUT2D eigenvalue weighted by atomic mass is 35.5. The molecule has 0 saturated carbocycles. The average Bonchev–Trinajstić information content (AvgIpc) is 2.73. The highest BCUT2D eigenvalue weighted by molar-refractivity contribution is 6.31. The van der Waals surface area contributed by atoms with Crippen molar-refractivity contribution in [3.8, 4) is 0 Å². The number of nitrogens with two attached hydrogens (primary N) is 1. The van der Waals surface area contributed by atoms with Crippen LogP contribution in [0.3, 0.4) is 0 Å². The van der Waals surface area contributed by atoms with Gasteiger partial charge in [-0.15, -0.1) is 0 Å². The van der Waals surface area contributed by atoms with Crippen LogP contribution in [0.5, 0.6) is 0 Å². The Hall–Kier alpha value is -1.36. The molecule has 0 radical (unpaired) electrons. The smallest absolute Gasteiger partial charge is 0.0860 e. The SMILES string of the molecule is Cc1nn(C)c(CN2CCc3ccccc3C2CN)c1Cl. The summed E-state index contributed by atoms with van der Waals surface area (Å²) >= 11 is 6.38.